The molecule has 1 aromatic rings. The van der Waals surface area contributed by atoms with E-state index in [4.69, 9.17) is 0 Å². The van der Waals surface area contributed by atoms with Crippen molar-refractivity contribution in [2.24, 2.45) is 11.8 Å². The molecule has 172 valence electrons. The number of nitrogens with one attached hydrogen (secondary N) is 2. The molecule has 0 aliphatic heterocycles. The van der Waals surface area contributed by atoms with Crippen molar-refractivity contribution in [1.82, 2.24) is 15.8 Å². The van der Waals surface area contributed by atoms with E-state index in [-0.39, 0.29) is 0 Å². The third kappa shape index (κ3) is 7.33. The highest BCUT2D eigenvalue weighted by Crippen LogP contribution is 2.33. The molecule has 31 heavy (non-hydrogen) atoms. The Hall–Kier alpha value is -1.91. The van der Waals surface area contributed by atoms with Gasteiger partial charge < -0.3 is 5.32 Å². The number of nitrogens with zero attached hydrogens (tertiary/aromatic N) is 1. The molecule has 0 aromatic heterocycles. The molecular formula is C27H42FN3. The molecule has 2 N–H and O–H groups in total. The summed E-state index contributed by atoms with van der Waals surface area (Å²) in [5.41, 5.74) is 6.94. The number of rotatable bonds is 15. The van der Waals surface area contributed by atoms with Gasteiger partial charge in [0.2, 0.25) is 0 Å². The first kappa shape index (κ1) is 25.4. The van der Waals surface area contributed by atoms with Crippen molar-refractivity contribution >= 4 is 6.08 Å². The van der Waals surface area contributed by atoms with Crippen LogP contribution in [0.5, 0.6) is 0 Å². The largest absolute Gasteiger partial charge is 0.392 e. The Morgan fingerprint density at radius 3 is 2.74 bits per heavy atom. The van der Waals surface area contributed by atoms with Gasteiger partial charge in [-0.15, -0.1) is 16.6 Å². The van der Waals surface area contributed by atoms with Gasteiger partial charge in [-0.2, -0.15) is 0 Å². The molecule has 0 saturated heterocycles. The Bertz CT molecular complexity index is 714. The van der Waals surface area contributed by atoms with Crippen molar-refractivity contribution in [2.75, 3.05) is 20.3 Å². The highest BCUT2D eigenvalue weighted by Gasteiger charge is 2.31. The lowest BCUT2D eigenvalue weighted by Gasteiger charge is -2.31. The molecule has 1 saturated carbocycles. The molecule has 1 aliphatic carbocycles. The quantitative estimate of drug-likeness (QED) is 0.203. The van der Waals surface area contributed by atoms with Crippen molar-refractivity contribution in [3.8, 4) is 0 Å². The van der Waals surface area contributed by atoms with Crippen LogP contribution in [-0.2, 0) is 12.8 Å². The fraction of sp³-hybridized carbons (Fsp3) is 0.556. The Balaban J connectivity index is 2.11. The summed E-state index contributed by atoms with van der Waals surface area (Å²) in [6, 6.07) is 7.30. The second kappa shape index (κ2) is 13.5. The second-order valence-corrected chi connectivity index (χ2v) is 8.77. The summed E-state index contributed by atoms with van der Waals surface area (Å²) < 4.78 is 12.8. The van der Waals surface area contributed by atoms with Gasteiger partial charge in [0.15, 0.2) is 0 Å². The summed E-state index contributed by atoms with van der Waals surface area (Å²) in [5.74, 6) is 1.02. The SMILES string of the molecule is C=CCCC(CCc1cc(CC2CCCC2N(CC)CNF)ccc1C=C)C(=C)NC. The monoisotopic (exact) mass is 427 g/mol. The van der Waals surface area contributed by atoms with Gasteiger partial charge in [-0.1, -0.05) is 56.9 Å². The summed E-state index contributed by atoms with van der Waals surface area (Å²) in [6.07, 6.45) is 12.8. The predicted octanol–water partition coefficient (Wildman–Crippen LogP) is 6.04. The molecule has 1 fully saturated rings. The van der Waals surface area contributed by atoms with Crippen LogP contribution in [0.4, 0.5) is 4.48 Å². The minimum Gasteiger partial charge on any atom is -0.392 e. The number of hydrogen-bond acceptors (Lipinski definition) is 3. The van der Waals surface area contributed by atoms with E-state index in [1.165, 1.54) is 29.5 Å². The van der Waals surface area contributed by atoms with E-state index in [2.05, 4.69) is 55.1 Å². The van der Waals surface area contributed by atoms with Crippen LogP contribution in [0, 0.1) is 11.8 Å². The molecular weight excluding hydrogens is 385 g/mol. The van der Waals surface area contributed by atoms with Gasteiger partial charge >= 0.3 is 0 Å². The Labute approximate surface area is 189 Å². The van der Waals surface area contributed by atoms with E-state index >= 15 is 0 Å². The molecule has 0 radical (unpaired) electrons. The van der Waals surface area contributed by atoms with E-state index in [1.54, 1.807) is 0 Å². The Morgan fingerprint density at radius 1 is 1.29 bits per heavy atom. The molecule has 0 heterocycles. The van der Waals surface area contributed by atoms with Crippen LogP contribution >= 0.6 is 0 Å². The fourth-order valence-corrected chi connectivity index (χ4v) is 5.13. The molecule has 4 heteroatoms. The van der Waals surface area contributed by atoms with Gasteiger partial charge in [-0.3, -0.25) is 4.90 Å². The number of halogens is 1. The molecule has 0 spiro atoms. The number of benzene rings is 1. The summed E-state index contributed by atoms with van der Waals surface area (Å²) in [6.45, 7) is 15.4. The van der Waals surface area contributed by atoms with Crippen LogP contribution in [0.1, 0.15) is 62.1 Å². The molecule has 1 aliphatic rings. The summed E-state index contributed by atoms with van der Waals surface area (Å²) in [7, 11) is 1.95. The highest BCUT2D eigenvalue weighted by atomic mass is 19.2. The molecule has 1 aromatic carbocycles. The summed E-state index contributed by atoms with van der Waals surface area (Å²) in [5, 5.41) is 3.24. The van der Waals surface area contributed by atoms with E-state index < -0.39 is 0 Å². The van der Waals surface area contributed by atoms with E-state index in [0.717, 1.165) is 50.8 Å². The zero-order valence-electron chi connectivity index (χ0n) is 19.6. The van der Waals surface area contributed by atoms with E-state index in [0.29, 0.717) is 24.5 Å². The standard InChI is InChI=1S/C27H42FN3/c1-6-9-11-24(21(4)29-5)16-17-25-18-22(14-15-23(25)7-2)19-26-12-10-13-27(26)31(8-3)20-30-28/h6-7,14-15,18,24,26-27,29-30H,1-2,4,8-13,16-17,19-20H2,3,5H3. The van der Waals surface area contributed by atoms with Crippen molar-refractivity contribution in [3.05, 3.63) is 66.4 Å². The minimum atomic E-state index is 0.319. The van der Waals surface area contributed by atoms with Crippen LogP contribution in [0.25, 0.3) is 6.08 Å². The fourth-order valence-electron chi connectivity index (χ4n) is 5.13. The number of aryl methyl sites for hydroxylation is 1. The van der Waals surface area contributed by atoms with Gasteiger partial charge in [-0.25, -0.2) is 0 Å². The minimum absolute atomic E-state index is 0.319. The average molecular weight is 428 g/mol. The molecule has 2 rings (SSSR count). The molecule has 3 unspecified atom stereocenters. The first-order valence-electron chi connectivity index (χ1n) is 11.9. The number of hydrogen-bond donors (Lipinski definition) is 2. The van der Waals surface area contributed by atoms with Gasteiger partial charge in [0, 0.05) is 18.8 Å². The van der Waals surface area contributed by atoms with Crippen LogP contribution < -0.4 is 10.9 Å². The normalized spacial score (nSPS) is 19.4. The van der Waals surface area contributed by atoms with Crippen molar-refractivity contribution in [3.63, 3.8) is 0 Å². The average Bonchev–Trinajstić information content (AvgIpc) is 3.24. The lowest BCUT2D eigenvalue weighted by molar-refractivity contribution is 0.117. The van der Waals surface area contributed by atoms with Gasteiger partial charge in [-0.05, 0) is 80.0 Å². The van der Waals surface area contributed by atoms with Crippen molar-refractivity contribution < 1.29 is 4.48 Å². The predicted molar refractivity (Wildman–Crippen MR) is 132 cm³/mol. The van der Waals surface area contributed by atoms with Gasteiger partial charge in [0.05, 0.1) is 6.67 Å². The molecule has 0 amide bonds. The third-order valence-electron chi connectivity index (χ3n) is 6.98. The van der Waals surface area contributed by atoms with Crippen LogP contribution in [0.2, 0.25) is 0 Å². The van der Waals surface area contributed by atoms with E-state index in [9.17, 15) is 4.48 Å². The zero-order valence-corrected chi connectivity index (χ0v) is 19.6. The van der Waals surface area contributed by atoms with Gasteiger partial charge in [0.1, 0.15) is 0 Å². The van der Waals surface area contributed by atoms with Crippen LogP contribution in [0.3, 0.4) is 0 Å². The first-order chi connectivity index (χ1) is 15.1. The van der Waals surface area contributed by atoms with Gasteiger partial charge in [0.25, 0.3) is 0 Å². The maximum absolute atomic E-state index is 12.8. The molecule has 0 bridgehead atoms. The van der Waals surface area contributed by atoms with E-state index in [1.807, 2.05) is 24.7 Å². The van der Waals surface area contributed by atoms with Crippen molar-refractivity contribution in [2.45, 2.75) is 64.3 Å². The summed E-state index contributed by atoms with van der Waals surface area (Å²) in [4.78, 5) is 2.24. The summed E-state index contributed by atoms with van der Waals surface area (Å²) >= 11 is 0. The maximum atomic E-state index is 12.8. The molecule has 3 nitrogen and oxygen atoms in total. The lowest BCUT2D eigenvalue weighted by atomic mass is 9.88. The Morgan fingerprint density at radius 2 is 2.10 bits per heavy atom. The smallest absolute Gasteiger partial charge is 0.0778 e. The highest BCUT2D eigenvalue weighted by molar-refractivity contribution is 5.53. The first-order valence-corrected chi connectivity index (χ1v) is 11.9. The number of allylic oxidation sites excluding steroid dienone is 2. The lowest BCUT2D eigenvalue weighted by Crippen LogP contribution is -2.42. The molecule has 3 atom stereocenters. The van der Waals surface area contributed by atoms with Crippen LogP contribution in [0.15, 0.2) is 49.7 Å². The third-order valence-corrected chi connectivity index (χ3v) is 6.98. The maximum Gasteiger partial charge on any atom is 0.0778 e. The van der Waals surface area contributed by atoms with Crippen molar-refractivity contribution in [1.29, 1.82) is 0 Å². The second-order valence-electron chi connectivity index (χ2n) is 8.77. The van der Waals surface area contributed by atoms with Crippen LogP contribution in [-0.4, -0.2) is 31.2 Å². The Kier molecular flexibility index (Phi) is 11.0. The zero-order chi connectivity index (χ0) is 22.6. The topological polar surface area (TPSA) is 27.3 Å².